The third-order valence-electron chi connectivity index (χ3n) is 9.27. The molecule has 8 heteroatoms. The van der Waals surface area contributed by atoms with Crippen LogP contribution in [0.3, 0.4) is 0 Å². The quantitative estimate of drug-likeness (QED) is 0.299. The van der Waals surface area contributed by atoms with Crippen molar-refractivity contribution >= 4 is 11.6 Å². The number of halogens is 4. The SMILES string of the molecule is COc1ccc(C2CC(CO)C2)cc1C(=O)N(c1ccc(F)c(C(F)(F)F)c1)[C@@H]1C[C@H]2CC[C@@H]1/C2=C\C1CC1. The van der Waals surface area contributed by atoms with Gasteiger partial charge in [0.05, 0.1) is 18.2 Å². The van der Waals surface area contributed by atoms with Gasteiger partial charge in [0.2, 0.25) is 0 Å². The molecule has 0 spiro atoms. The minimum atomic E-state index is -4.88. The fraction of sp³-hybridized carbons (Fsp3) is 0.516. The normalized spacial score (nSPS) is 29.0. The van der Waals surface area contributed by atoms with Gasteiger partial charge in [0.1, 0.15) is 11.6 Å². The Balaban J connectivity index is 1.42. The number of amides is 1. The van der Waals surface area contributed by atoms with Crippen molar-refractivity contribution in [3.05, 3.63) is 70.6 Å². The van der Waals surface area contributed by atoms with Gasteiger partial charge in [-0.3, -0.25) is 4.79 Å². The van der Waals surface area contributed by atoms with Gasteiger partial charge in [-0.05, 0) is 105 Å². The number of ether oxygens (including phenoxy) is 1. The zero-order valence-electron chi connectivity index (χ0n) is 21.9. The molecule has 4 aliphatic rings. The van der Waals surface area contributed by atoms with E-state index in [-0.39, 0.29) is 41.7 Å². The van der Waals surface area contributed by atoms with Crippen LogP contribution in [-0.2, 0) is 6.18 Å². The highest BCUT2D eigenvalue weighted by Crippen LogP contribution is 2.54. The van der Waals surface area contributed by atoms with E-state index in [0.717, 1.165) is 56.2 Å². The zero-order chi connectivity index (χ0) is 27.5. The number of methoxy groups -OCH3 is 1. The van der Waals surface area contributed by atoms with E-state index < -0.39 is 23.5 Å². The molecule has 4 aliphatic carbocycles. The number of hydrogen-bond acceptors (Lipinski definition) is 3. The molecule has 0 saturated heterocycles. The molecule has 2 aromatic rings. The molecule has 1 amide bonds. The first kappa shape index (κ1) is 26.4. The Kier molecular flexibility index (Phi) is 6.72. The van der Waals surface area contributed by atoms with Gasteiger partial charge in [0.15, 0.2) is 0 Å². The zero-order valence-corrected chi connectivity index (χ0v) is 21.9. The topological polar surface area (TPSA) is 49.8 Å². The molecule has 0 heterocycles. The van der Waals surface area contributed by atoms with E-state index in [1.807, 2.05) is 6.07 Å². The number of anilines is 1. The molecule has 2 bridgehead atoms. The lowest BCUT2D eigenvalue weighted by molar-refractivity contribution is -0.139. The van der Waals surface area contributed by atoms with Crippen molar-refractivity contribution in [1.82, 2.24) is 0 Å². The van der Waals surface area contributed by atoms with E-state index in [1.54, 1.807) is 12.1 Å². The van der Waals surface area contributed by atoms with Crippen LogP contribution < -0.4 is 9.64 Å². The molecule has 39 heavy (non-hydrogen) atoms. The lowest BCUT2D eigenvalue weighted by Gasteiger charge is -2.36. The predicted molar refractivity (Wildman–Crippen MR) is 139 cm³/mol. The van der Waals surface area contributed by atoms with E-state index in [9.17, 15) is 27.5 Å². The molecule has 0 aromatic heterocycles. The van der Waals surface area contributed by atoms with Crippen molar-refractivity contribution in [2.45, 2.75) is 63.1 Å². The minimum Gasteiger partial charge on any atom is -0.496 e. The van der Waals surface area contributed by atoms with Gasteiger partial charge in [-0.25, -0.2) is 4.39 Å². The summed E-state index contributed by atoms with van der Waals surface area (Å²) < 4.78 is 61.0. The summed E-state index contributed by atoms with van der Waals surface area (Å²) in [5.74, 6) is -0.0527. The Hall–Kier alpha value is -2.87. The highest BCUT2D eigenvalue weighted by Gasteiger charge is 2.49. The number of carbonyl (C=O) groups excluding carboxylic acids is 1. The van der Waals surface area contributed by atoms with Crippen LogP contribution in [0.1, 0.15) is 72.3 Å². The van der Waals surface area contributed by atoms with Gasteiger partial charge in [-0.15, -0.1) is 0 Å². The summed E-state index contributed by atoms with van der Waals surface area (Å²) in [7, 11) is 1.47. The summed E-state index contributed by atoms with van der Waals surface area (Å²) in [6.45, 7) is 0.124. The number of allylic oxidation sites excluding steroid dienone is 1. The minimum absolute atomic E-state index is 0.0495. The second-order valence-corrected chi connectivity index (χ2v) is 11.7. The number of benzene rings is 2. The molecule has 2 aromatic carbocycles. The molecule has 3 atom stereocenters. The molecule has 0 unspecified atom stereocenters. The maximum absolute atomic E-state index is 14.4. The van der Waals surface area contributed by atoms with Gasteiger partial charge < -0.3 is 14.7 Å². The van der Waals surface area contributed by atoms with Crippen molar-refractivity contribution < 1.29 is 32.2 Å². The predicted octanol–water partition coefficient (Wildman–Crippen LogP) is 7.12. The Morgan fingerprint density at radius 3 is 2.49 bits per heavy atom. The molecule has 4 saturated carbocycles. The molecule has 208 valence electrons. The third kappa shape index (κ3) is 4.85. The van der Waals surface area contributed by atoms with Crippen molar-refractivity contribution in [2.24, 2.45) is 23.7 Å². The summed E-state index contributed by atoms with van der Waals surface area (Å²) in [6.07, 6.45) is 3.98. The first-order chi connectivity index (χ1) is 18.7. The molecule has 1 N–H and O–H groups in total. The van der Waals surface area contributed by atoms with E-state index in [2.05, 4.69) is 6.08 Å². The molecular weight excluding hydrogens is 510 g/mol. The van der Waals surface area contributed by atoms with Crippen LogP contribution in [-0.4, -0.2) is 30.8 Å². The second kappa shape index (κ2) is 9.95. The van der Waals surface area contributed by atoms with E-state index >= 15 is 0 Å². The lowest BCUT2D eigenvalue weighted by Crippen LogP contribution is -2.44. The van der Waals surface area contributed by atoms with Crippen LogP contribution in [0.25, 0.3) is 0 Å². The van der Waals surface area contributed by atoms with Crippen LogP contribution in [0.4, 0.5) is 23.2 Å². The van der Waals surface area contributed by atoms with Gasteiger partial charge in [-0.2, -0.15) is 13.2 Å². The van der Waals surface area contributed by atoms with Crippen LogP contribution in [0.15, 0.2) is 48.0 Å². The van der Waals surface area contributed by atoms with E-state index in [0.29, 0.717) is 24.0 Å². The average Bonchev–Trinajstić information content (AvgIpc) is 3.55. The highest BCUT2D eigenvalue weighted by molar-refractivity contribution is 6.08. The fourth-order valence-corrected chi connectivity index (χ4v) is 6.99. The van der Waals surface area contributed by atoms with Crippen molar-refractivity contribution in [3.8, 4) is 5.75 Å². The summed E-state index contributed by atoms with van der Waals surface area (Å²) >= 11 is 0. The Morgan fingerprint density at radius 1 is 1.05 bits per heavy atom. The smallest absolute Gasteiger partial charge is 0.419 e. The summed E-state index contributed by atoms with van der Waals surface area (Å²) in [6, 6.07) is 7.98. The third-order valence-corrected chi connectivity index (χ3v) is 9.27. The average molecular weight is 544 g/mol. The first-order valence-corrected chi connectivity index (χ1v) is 13.9. The largest absolute Gasteiger partial charge is 0.496 e. The monoisotopic (exact) mass is 543 g/mol. The molecule has 4 fully saturated rings. The van der Waals surface area contributed by atoms with Crippen molar-refractivity contribution in [2.75, 3.05) is 18.6 Å². The molecule has 6 rings (SSSR count). The summed E-state index contributed by atoms with van der Waals surface area (Å²) in [5, 5.41) is 9.43. The fourth-order valence-electron chi connectivity index (χ4n) is 6.99. The number of fused-ring (bicyclic) bond motifs is 2. The first-order valence-electron chi connectivity index (χ1n) is 13.9. The number of carbonyl (C=O) groups is 1. The van der Waals surface area contributed by atoms with Gasteiger partial charge in [0, 0.05) is 24.3 Å². The number of rotatable bonds is 7. The van der Waals surface area contributed by atoms with Crippen molar-refractivity contribution in [1.29, 1.82) is 0 Å². The van der Waals surface area contributed by atoms with Crippen LogP contribution >= 0.6 is 0 Å². The van der Waals surface area contributed by atoms with Gasteiger partial charge >= 0.3 is 6.18 Å². The maximum atomic E-state index is 14.4. The Labute approximate surface area is 225 Å². The Morgan fingerprint density at radius 2 is 1.82 bits per heavy atom. The standard InChI is InChI=1S/C31H33F4NO3/c1-39-29-9-5-19(21-10-18(11-21)16-37)13-25(29)30(38)36(22-6-8-27(32)26(15-22)31(33,34)35)28-14-20-4-7-23(28)24(20)12-17-2-3-17/h5-6,8-9,12-13,15,17-18,20-21,23,28,37H,2-4,7,10-11,14,16H2,1H3/b24-12-/t18?,20-,21?,23-,28-/m1/s1. The maximum Gasteiger partial charge on any atom is 0.419 e. The van der Waals surface area contributed by atoms with Crippen LogP contribution in [0.5, 0.6) is 5.75 Å². The highest BCUT2D eigenvalue weighted by atomic mass is 19.4. The number of hydrogen-bond donors (Lipinski definition) is 1. The van der Waals surface area contributed by atoms with E-state index in [1.165, 1.54) is 23.6 Å². The lowest BCUT2D eigenvalue weighted by atomic mass is 9.71. The Bertz CT molecular complexity index is 1300. The molecular formula is C31H33F4NO3. The molecule has 0 radical (unpaired) electrons. The number of aliphatic hydroxyl groups is 1. The van der Waals surface area contributed by atoms with Gasteiger partial charge in [0.25, 0.3) is 5.91 Å². The summed E-state index contributed by atoms with van der Waals surface area (Å²) in [5.41, 5.74) is 1.24. The van der Waals surface area contributed by atoms with Crippen LogP contribution in [0, 0.1) is 29.5 Å². The van der Waals surface area contributed by atoms with E-state index in [4.69, 9.17) is 4.74 Å². The molecule has 0 aliphatic heterocycles. The van der Waals surface area contributed by atoms with Crippen molar-refractivity contribution in [3.63, 3.8) is 0 Å². The summed E-state index contributed by atoms with van der Waals surface area (Å²) in [4.78, 5) is 15.9. The second-order valence-electron chi connectivity index (χ2n) is 11.7. The number of alkyl halides is 3. The van der Waals surface area contributed by atoms with Crippen LogP contribution in [0.2, 0.25) is 0 Å². The number of nitrogens with zero attached hydrogens (tertiary/aromatic N) is 1. The molecule has 4 nitrogen and oxygen atoms in total. The van der Waals surface area contributed by atoms with Gasteiger partial charge in [-0.1, -0.05) is 17.7 Å². The number of aliphatic hydroxyl groups excluding tert-OH is 1.